The van der Waals surface area contributed by atoms with Crippen LogP contribution < -0.4 is 4.74 Å². The summed E-state index contributed by atoms with van der Waals surface area (Å²) in [5.74, 6) is 1.85. The lowest BCUT2D eigenvalue weighted by Gasteiger charge is -2.07. The largest absolute Gasteiger partial charge is 0.496 e. The maximum atomic E-state index is 5.29. The highest BCUT2D eigenvalue weighted by Gasteiger charge is 2.05. The summed E-state index contributed by atoms with van der Waals surface area (Å²) in [6.45, 7) is 2.03. The number of ether oxygens (including phenoxy) is 1. The lowest BCUT2D eigenvalue weighted by molar-refractivity contribution is 0.412. The van der Waals surface area contributed by atoms with Gasteiger partial charge in [0.15, 0.2) is 0 Å². The number of aromatic nitrogens is 2. The van der Waals surface area contributed by atoms with E-state index in [1.54, 1.807) is 13.3 Å². The summed E-state index contributed by atoms with van der Waals surface area (Å²) < 4.78 is 7.28. The van der Waals surface area contributed by atoms with Gasteiger partial charge in [0.05, 0.1) is 7.11 Å². The summed E-state index contributed by atoms with van der Waals surface area (Å²) in [4.78, 5) is 4.30. The monoisotopic (exact) mass is 202 g/mol. The summed E-state index contributed by atoms with van der Waals surface area (Å²) in [6, 6.07) is 6.11. The van der Waals surface area contributed by atoms with Crippen LogP contribution in [0.4, 0.5) is 0 Å². The van der Waals surface area contributed by atoms with E-state index in [0.29, 0.717) is 0 Å². The summed E-state index contributed by atoms with van der Waals surface area (Å²) in [5, 5.41) is 0. The van der Waals surface area contributed by atoms with E-state index in [9.17, 15) is 0 Å². The van der Waals surface area contributed by atoms with Crippen LogP contribution in [-0.4, -0.2) is 16.7 Å². The number of hydrogen-bond donors (Lipinski definition) is 0. The lowest BCUT2D eigenvalue weighted by atomic mass is 10.1. The average molecular weight is 202 g/mol. The van der Waals surface area contributed by atoms with Crippen molar-refractivity contribution in [1.29, 1.82) is 0 Å². The predicted molar refractivity (Wildman–Crippen MR) is 59.9 cm³/mol. The fourth-order valence-electron chi connectivity index (χ4n) is 1.60. The molecule has 0 saturated heterocycles. The van der Waals surface area contributed by atoms with Crippen molar-refractivity contribution in [3.8, 4) is 17.1 Å². The number of benzene rings is 1. The highest BCUT2D eigenvalue weighted by Crippen LogP contribution is 2.25. The molecule has 1 aromatic carbocycles. The molecule has 1 heterocycles. The Labute approximate surface area is 89.3 Å². The van der Waals surface area contributed by atoms with Crippen LogP contribution in [0.1, 0.15) is 5.56 Å². The molecule has 15 heavy (non-hydrogen) atoms. The third kappa shape index (κ3) is 1.73. The topological polar surface area (TPSA) is 27.1 Å². The van der Waals surface area contributed by atoms with Gasteiger partial charge in [0.25, 0.3) is 0 Å². The Morgan fingerprint density at radius 3 is 2.73 bits per heavy atom. The quantitative estimate of drug-likeness (QED) is 0.747. The molecule has 0 unspecified atom stereocenters. The van der Waals surface area contributed by atoms with Crippen LogP contribution in [0.15, 0.2) is 30.6 Å². The molecule has 0 spiro atoms. The van der Waals surface area contributed by atoms with Gasteiger partial charge in [-0.25, -0.2) is 4.98 Å². The third-order valence-electron chi connectivity index (χ3n) is 2.49. The van der Waals surface area contributed by atoms with Gasteiger partial charge in [-0.3, -0.25) is 0 Å². The molecule has 0 aliphatic heterocycles. The van der Waals surface area contributed by atoms with E-state index in [-0.39, 0.29) is 0 Å². The van der Waals surface area contributed by atoms with Gasteiger partial charge in [0, 0.05) is 25.0 Å². The first-order valence-electron chi connectivity index (χ1n) is 4.84. The number of hydrogen-bond acceptors (Lipinski definition) is 2. The first-order valence-corrected chi connectivity index (χ1v) is 4.84. The van der Waals surface area contributed by atoms with Gasteiger partial charge in [-0.15, -0.1) is 0 Å². The highest BCUT2D eigenvalue weighted by atomic mass is 16.5. The first kappa shape index (κ1) is 9.77. The Hall–Kier alpha value is -1.77. The maximum absolute atomic E-state index is 5.29. The SMILES string of the molecule is COc1cc(-c2nccn2C)ccc1C. The van der Waals surface area contributed by atoms with Crippen molar-refractivity contribution < 1.29 is 4.74 Å². The fraction of sp³-hybridized carbons (Fsp3) is 0.250. The van der Waals surface area contributed by atoms with E-state index in [0.717, 1.165) is 22.7 Å². The molecule has 0 aliphatic rings. The van der Waals surface area contributed by atoms with Crippen LogP contribution in [0.2, 0.25) is 0 Å². The van der Waals surface area contributed by atoms with E-state index >= 15 is 0 Å². The molecule has 0 atom stereocenters. The molecular formula is C12H14N2O. The van der Waals surface area contributed by atoms with Crippen molar-refractivity contribution in [2.75, 3.05) is 7.11 Å². The summed E-state index contributed by atoms with van der Waals surface area (Å²) in [6.07, 6.45) is 3.73. The van der Waals surface area contributed by atoms with Crippen molar-refractivity contribution in [2.24, 2.45) is 7.05 Å². The first-order chi connectivity index (χ1) is 7.22. The Kier molecular flexibility index (Phi) is 2.46. The molecule has 0 aliphatic carbocycles. The molecule has 0 radical (unpaired) electrons. The van der Waals surface area contributed by atoms with Crippen molar-refractivity contribution in [1.82, 2.24) is 9.55 Å². The van der Waals surface area contributed by atoms with Gasteiger partial charge in [-0.1, -0.05) is 12.1 Å². The average Bonchev–Trinajstić information content (AvgIpc) is 2.65. The third-order valence-corrected chi connectivity index (χ3v) is 2.49. The van der Waals surface area contributed by atoms with Gasteiger partial charge < -0.3 is 9.30 Å². The molecule has 0 N–H and O–H groups in total. The lowest BCUT2D eigenvalue weighted by Crippen LogP contribution is -1.93. The van der Waals surface area contributed by atoms with Crippen molar-refractivity contribution in [3.05, 3.63) is 36.2 Å². The van der Waals surface area contributed by atoms with Crippen LogP contribution in [0.3, 0.4) is 0 Å². The molecule has 1 aromatic heterocycles. The molecule has 0 bridgehead atoms. The standard InChI is InChI=1S/C12H14N2O/c1-9-4-5-10(8-11(9)15-3)12-13-6-7-14(12)2/h4-8H,1-3H3. The van der Waals surface area contributed by atoms with Gasteiger partial charge >= 0.3 is 0 Å². The zero-order valence-corrected chi connectivity index (χ0v) is 9.19. The summed E-state index contributed by atoms with van der Waals surface area (Å²) in [5.41, 5.74) is 2.21. The van der Waals surface area contributed by atoms with Crippen LogP contribution in [-0.2, 0) is 7.05 Å². The van der Waals surface area contributed by atoms with Gasteiger partial charge in [-0.2, -0.15) is 0 Å². The Bertz CT molecular complexity index is 474. The second-order valence-electron chi connectivity index (χ2n) is 3.55. The predicted octanol–water partition coefficient (Wildman–Crippen LogP) is 2.40. The van der Waals surface area contributed by atoms with E-state index < -0.39 is 0 Å². The molecule has 3 nitrogen and oxygen atoms in total. The zero-order valence-electron chi connectivity index (χ0n) is 9.19. The number of methoxy groups -OCH3 is 1. The molecule has 0 saturated carbocycles. The Morgan fingerprint density at radius 1 is 1.33 bits per heavy atom. The number of aryl methyl sites for hydroxylation is 2. The van der Waals surface area contributed by atoms with Crippen LogP contribution in [0.5, 0.6) is 5.75 Å². The van der Waals surface area contributed by atoms with Crippen LogP contribution in [0.25, 0.3) is 11.4 Å². The molecule has 2 aromatic rings. The second kappa shape index (κ2) is 3.77. The summed E-state index contributed by atoms with van der Waals surface area (Å²) in [7, 11) is 3.67. The Morgan fingerprint density at radius 2 is 2.13 bits per heavy atom. The minimum absolute atomic E-state index is 0.899. The molecule has 2 rings (SSSR count). The van der Waals surface area contributed by atoms with Crippen molar-refractivity contribution in [3.63, 3.8) is 0 Å². The molecule has 0 fully saturated rings. The van der Waals surface area contributed by atoms with E-state index in [1.165, 1.54) is 0 Å². The van der Waals surface area contributed by atoms with Crippen molar-refractivity contribution in [2.45, 2.75) is 6.92 Å². The van der Waals surface area contributed by atoms with Gasteiger partial charge in [0.1, 0.15) is 11.6 Å². The van der Waals surface area contributed by atoms with Crippen molar-refractivity contribution >= 4 is 0 Å². The number of nitrogens with zero attached hydrogens (tertiary/aromatic N) is 2. The second-order valence-corrected chi connectivity index (χ2v) is 3.55. The molecule has 0 amide bonds. The molecular weight excluding hydrogens is 188 g/mol. The Balaban J connectivity index is 2.51. The molecule has 3 heteroatoms. The van der Waals surface area contributed by atoms with E-state index in [2.05, 4.69) is 11.1 Å². The normalized spacial score (nSPS) is 10.3. The van der Waals surface area contributed by atoms with Crippen LogP contribution >= 0.6 is 0 Å². The minimum atomic E-state index is 0.899. The van der Waals surface area contributed by atoms with Gasteiger partial charge in [-0.05, 0) is 18.6 Å². The van der Waals surface area contributed by atoms with Crippen LogP contribution in [0, 0.1) is 6.92 Å². The fourth-order valence-corrected chi connectivity index (χ4v) is 1.60. The van der Waals surface area contributed by atoms with E-state index in [1.807, 2.05) is 36.9 Å². The summed E-state index contributed by atoms with van der Waals surface area (Å²) >= 11 is 0. The van der Waals surface area contributed by atoms with Gasteiger partial charge in [0.2, 0.25) is 0 Å². The number of imidazole rings is 1. The van der Waals surface area contributed by atoms with E-state index in [4.69, 9.17) is 4.74 Å². The maximum Gasteiger partial charge on any atom is 0.139 e. The minimum Gasteiger partial charge on any atom is -0.496 e. The molecule has 78 valence electrons. The number of rotatable bonds is 2. The highest BCUT2D eigenvalue weighted by molar-refractivity contribution is 5.59. The zero-order chi connectivity index (χ0) is 10.8. The smallest absolute Gasteiger partial charge is 0.139 e.